The summed E-state index contributed by atoms with van der Waals surface area (Å²) in [7, 11) is -2.11. The molecule has 22 heavy (non-hydrogen) atoms. The summed E-state index contributed by atoms with van der Waals surface area (Å²) >= 11 is -4.54. The van der Waals surface area contributed by atoms with Gasteiger partial charge in [-0.05, 0) is 0 Å². The Morgan fingerprint density at radius 2 is 1.27 bits per heavy atom. The van der Waals surface area contributed by atoms with E-state index >= 15 is 0 Å². The molecule has 0 saturated heterocycles. The van der Waals surface area contributed by atoms with Crippen LogP contribution in [0.1, 0.15) is 73.1 Å². The monoisotopic (exact) mass is 370 g/mol. The van der Waals surface area contributed by atoms with E-state index in [1.54, 1.807) is 0 Å². The fourth-order valence-corrected chi connectivity index (χ4v) is 12.5. The van der Waals surface area contributed by atoms with E-state index in [-0.39, 0.29) is 5.92 Å². The van der Waals surface area contributed by atoms with Gasteiger partial charge in [-0.1, -0.05) is 0 Å². The minimum absolute atomic E-state index is 0.283. The van der Waals surface area contributed by atoms with Crippen LogP contribution < -0.4 is 0 Å². The molecule has 0 aromatic carbocycles. The molecule has 6 heteroatoms. The fourth-order valence-electron chi connectivity index (χ4n) is 2.61. The van der Waals surface area contributed by atoms with Crippen LogP contribution in [0.4, 0.5) is 0 Å². The summed E-state index contributed by atoms with van der Waals surface area (Å²) in [6.45, 7) is 10.9. The molecular formula is C16H38O4SiTi. The third-order valence-electron chi connectivity index (χ3n) is 3.91. The van der Waals surface area contributed by atoms with Crippen LogP contribution in [0.3, 0.4) is 0 Å². The van der Waals surface area contributed by atoms with Gasteiger partial charge in [0.2, 0.25) is 0 Å². The van der Waals surface area contributed by atoms with Crippen LogP contribution in [-0.2, 0) is 24.5 Å². The zero-order chi connectivity index (χ0) is 17.1. The van der Waals surface area contributed by atoms with Gasteiger partial charge in [0.15, 0.2) is 0 Å². The van der Waals surface area contributed by atoms with Gasteiger partial charge in [0, 0.05) is 0 Å². The zero-order valence-corrected chi connectivity index (χ0v) is 17.9. The van der Waals surface area contributed by atoms with E-state index < -0.39 is 26.5 Å². The van der Waals surface area contributed by atoms with Crippen molar-refractivity contribution in [1.29, 1.82) is 0 Å². The molecule has 2 N–H and O–H groups in total. The first-order valence-corrected chi connectivity index (χ1v) is 14.3. The molecule has 0 aliphatic heterocycles. The predicted octanol–water partition coefficient (Wildman–Crippen LogP) is 4.82. The van der Waals surface area contributed by atoms with Crippen molar-refractivity contribution in [2.45, 2.75) is 91.3 Å². The number of rotatable bonds is 14. The Labute approximate surface area is 144 Å². The maximum absolute atomic E-state index is 10.3. The third-order valence-corrected chi connectivity index (χ3v) is 12.5. The molecule has 0 spiro atoms. The quantitative estimate of drug-likeness (QED) is 0.431. The summed E-state index contributed by atoms with van der Waals surface area (Å²) in [5.41, 5.74) is 0. The summed E-state index contributed by atoms with van der Waals surface area (Å²) in [5.74, 6) is 0.283. The molecule has 0 aliphatic carbocycles. The number of unbranched alkanes of at least 4 members (excludes halogenated alkanes) is 3. The second-order valence-electron chi connectivity index (χ2n) is 6.85. The van der Waals surface area contributed by atoms with E-state index in [2.05, 4.69) is 20.8 Å². The molecule has 0 fully saturated rings. The van der Waals surface area contributed by atoms with Crippen LogP contribution in [0.2, 0.25) is 18.1 Å². The van der Waals surface area contributed by atoms with Crippen LogP contribution in [0, 0.1) is 5.92 Å². The van der Waals surface area contributed by atoms with Gasteiger partial charge < -0.3 is 0 Å². The Morgan fingerprint density at radius 1 is 0.864 bits per heavy atom. The van der Waals surface area contributed by atoms with Crippen molar-refractivity contribution in [2.24, 2.45) is 5.92 Å². The maximum atomic E-state index is 10.3. The summed E-state index contributed by atoms with van der Waals surface area (Å²) in [4.78, 5) is 0. The Hall–Kier alpha value is 0.771. The second kappa shape index (κ2) is 12.2. The Balaban J connectivity index is 4.95. The number of hydrogen-bond donors (Lipinski definition) is 2. The standard InChI is InChI=1S/C12H27OSi.C4H9O.2H2O.Ti/c1-4-7-10-14(13,11-8-5-2)12-9-6-3;1-4(2)3-5;;;/h4-12H2,1-3H3;4H,3H2,1-2H3;2*1H2;/q2*-1;;;+4/p-2. The first-order chi connectivity index (χ1) is 10.3. The molecule has 0 heterocycles. The molecule has 0 saturated carbocycles. The summed E-state index contributed by atoms with van der Waals surface area (Å²) in [6.07, 6.45) is 6.71. The van der Waals surface area contributed by atoms with Gasteiger partial charge in [0.1, 0.15) is 0 Å². The molecule has 0 unspecified atom stereocenters. The molecule has 0 atom stereocenters. The minimum atomic E-state index is -4.54. The molecular weight excluding hydrogens is 332 g/mol. The van der Waals surface area contributed by atoms with E-state index in [0.717, 1.165) is 56.7 Å². The average Bonchev–Trinajstić information content (AvgIpc) is 2.46. The van der Waals surface area contributed by atoms with E-state index in [1.165, 1.54) is 0 Å². The molecule has 134 valence electrons. The first-order valence-electron chi connectivity index (χ1n) is 9.09. The fraction of sp³-hybridized carbons (Fsp3) is 1.00. The van der Waals surface area contributed by atoms with Gasteiger partial charge in [-0.25, -0.2) is 0 Å². The van der Waals surface area contributed by atoms with E-state index in [4.69, 9.17) is 6.33 Å². The third kappa shape index (κ3) is 10.5. The molecule has 0 rings (SSSR count). The van der Waals surface area contributed by atoms with Crippen molar-refractivity contribution in [1.82, 2.24) is 0 Å². The van der Waals surface area contributed by atoms with Gasteiger partial charge in [-0.3, -0.25) is 0 Å². The Morgan fingerprint density at radius 3 is 1.59 bits per heavy atom. The predicted molar refractivity (Wildman–Crippen MR) is 91.2 cm³/mol. The van der Waals surface area contributed by atoms with Gasteiger partial charge in [-0.15, -0.1) is 0 Å². The van der Waals surface area contributed by atoms with Gasteiger partial charge >= 0.3 is 144 Å². The topological polar surface area (TPSA) is 58.9 Å². The molecule has 0 radical (unpaired) electrons. The van der Waals surface area contributed by atoms with Crippen molar-refractivity contribution in [2.75, 3.05) is 6.61 Å². The van der Waals surface area contributed by atoms with E-state index in [1.807, 2.05) is 13.8 Å². The van der Waals surface area contributed by atoms with Crippen LogP contribution in [-0.4, -0.2) is 22.3 Å². The van der Waals surface area contributed by atoms with Crippen LogP contribution in [0.5, 0.6) is 0 Å². The van der Waals surface area contributed by atoms with E-state index in [9.17, 15) is 7.38 Å². The summed E-state index contributed by atoms with van der Waals surface area (Å²) in [5, 5.41) is 0. The molecule has 0 bridgehead atoms. The summed E-state index contributed by atoms with van der Waals surface area (Å²) < 4.78 is 32.2. The van der Waals surface area contributed by atoms with Gasteiger partial charge in [-0.2, -0.15) is 0 Å². The van der Waals surface area contributed by atoms with Crippen molar-refractivity contribution in [3.05, 3.63) is 0 Å². The molecule has 0 aromatic heterocycles. The van der Waals surface area contributed by atoms with Crippen molar-refractivity contribution >= 4 is 8.32 Å². The van der Waals surface area contributed by atoms with Gasteiger partial charge in [0.05, 0.1) is 0 Å². The average molecular weight is 370 g/mol. The van der Waals surface area contributed by atoms with Crippen LogP contribution in [0.25, 0.3) is 0 Å². The molecule has 0 aromatic rings. The summed E-state index contributed by atoms with van der Waals surface area (Å²) in [6, 6.07) is 3.09. The van der Waals surface area contributed by atoms with Crippen molar-refractivity contribution < 1.29 is 31.8 Å². The Kier molecular flexibility index (Phi) is 12.6. The zero-order valence-electron chi connectivity index (χ0n) is 15.4. The molecule has 4 nitrogen and oxygen atoms in total. The van der Waals surface area contributed by atoms with Crippen LogP contribution in [0.15, 0.2) is 0 Å². The first kappa shape index (κ1) is 22.8. The van der Waals surface area contributed by atoms with Crippen molar-refractivity contribution in [3.8, 4) is 0 Å². The van der Waals surface area contributed by atoms with E-state index in [0.29, 0.717) is 6.61 Å². The molecule has 0 aliphatic rings. The SMILES string of the molecule is CCCC[Si](CCCC)(CCCC)[O][Ti]([OH])([OH])[O]CC(C)C. The number of hydrogen-bond acceptors (Lipinski definition) is 4. The second-order valence-corrected chi connectivity index (χ2v) is 14.0. The van der Waals surface area contributed by atoms with Crippen LogP contribution >= 0.6 is 0 Å². The normalized spacial score (nSPS) is 13.1. The Bertz CT molecular complexity index is 253. The molecule has 0 amide bonds. The van der Waals surface area contributed by atoms with Gasteiger partial charge in [0.25, 0.3) is 0 Å². The van der Waals surface area contributed by atoms with Crippen molar-refractivity contribution in [3.63, 3.8) is 0 Å².